The molecule has 4 nitrogen and oxygen atoms in total. The third-order valence-electron chi connectivity index (χ3n) is 3.68. The van der Waals surface area contributed by atoms with Crippen molar-refractivity contribution in [3.8, 4) is 0 Å². The Morgan fingerprint density at radius 3 is 2.56 bits per heavy atom. The first-order valence-electron chi connectivity index (χ1n) is 6.34. The zero-order chi connectivity index (χ0) is 13.9. The van der Waals surface area contributed by atoms with Crippen molar-refractivity contribution in [1.29, 1.82) is 0 Å². The summed E-state index contributed by atoms with van der Waals surface area (Å²) >= 11 is 3.51. The quantitative estimate of drug-likeness (QED) is 0.877. The highest BCUT2D eigenvalue weighted by Crippen LogP contribution is 2.27. The zero-order valence-corrected chi connectivity index (χ0v) is 13.2. The molecule has 0 spiro atoms. The molecule has 0 fully saturated rings. The number of ketones is 1. The summed E-state index contributed by atoms with van der Waals surface area (Å²) in [6.07, 6.45) is 1.15. The largest absolute Gasteiger partial charge is 0.329 e. The Kier molecular flexibility index (Phi) is 5.10. The van der Waals surface area contributed by atoms with Crippen molar-refractivity contribution >= 4 is 21.7 Å². The van der Waals surface area contributed by atoms with Crippen LogP contribution in [0.5, 0.6) is 0 Å². The van der Waals surface area contributed by atoms with E-state index in [1.54, 1.807) is 0 Å². The molecule has 1 rings (SSSR count). The lowest BCUT2D eigenvalue weighted by atomic mass is 9.81. The van der Waals surface area contributed by atoms with Crippen LogP contribution in [-0.2, 0) is 17.8 Å². The molecule has 1 aromatic heterocycles. The van der Waals surface area contributed by atoms with E-state index < -0.39 is 5.41 Å². The molecule has 18 heavy (non-hydrogen) atoms. The maximum absolute atomic E-state index is 12.4. The van der Waals surface area contributed by atoms with E-state index >= 15 is 0 Å². The second-order valence-corrected chi connectivity index (χ2v) is 5.67. The summed E-state index contributed by atoms with van der Waals surface area (Å²) in [6.45, 7) is 9.05. The third kappa shape index (κ3) is 2.83. The summed E-state index contributed by atoms with van der Waals surface area (Å²) in [5.74, 6) is 0.183. The first-order chi connectivity index (χ1) is 8.39. The number of carbonyl (C=O) groups excluding carboxylic acids is 1. The zero-order valence-electron chi connectivity index (χ0n) is 11.6. The minimum atomic E-state index is -0.434. The van der Waals surface area contributed by atoms with Crippen molar-refractivity contribution < 1.29 is 4.79 Å². The van der Waals surface area contributed by atoms with Crippen LogP contribution in [0.25, 0.3) is 0 Å². The standard InChI is InChI=1S/C13H22BrN3O/c1-5-13(4,8-15)11(18)7-10-12(14)9(3)16-17(10)6-2/h5-8,15H2,1-4H3. The number of Topliss-reactive ketones (excluding diaryl/α,β-unsaturated/α-hetero) is 1. The first-order valence-corrected chi connectivity index (χ1v) is 7.14. The molecule has 2 N–H and O–H groups in total. The average Bonchev–Trinajstić information content (AvgIpc) is 2.65. The molecule has 0 aliphatic heterocycles. The molecule has 0 saturated carbocycles. The van der Waals surface area contributed by atoms with E-state index in [0.717, 1.165) is 28.8 Å². The van der Waals surface area contributed by atoms with Crippen LogP contribution in [0.4, 0.5) is 0 Å². The first kappa shape index (κ1) is 15.4. The van der Waals surface area contributed by atoms with Crippen LogP contribution >= 0.6 is 15.9 Å². The number of aromatic nitrogens is 2. The summed E-state index contributed by atoms with van der Waals surface area (Å²) in [5, 5.41) is 4.40. The van der Waals surface area contributed by atoms with Crippen LogP contribution in [0.2, 0.25) is 0 Å². The Hall–Kier alpha value is -0.680. The predicted molar refractivity (Wildman–Crippen MR) is 76.5 cm³/mol. The van der Waals surface area contributed by atoms with Gasteiger partial charge in [0.25, 0.3) is 0 Å². The van der Waals surface area contributed by atoms with Crippen molar-refractivity contribution in [2.24, 2.45) is 11.1 Å². The number of hydrogen-bond acceptors (Lipinski definition) is 3. The van der Waals surface area contributed by atoms with Crippen LogP contribution in [0.3, 0.4) is 0 Å². The third-order valence-corrected chi connectivity index (χ3v) is 4.72. The van der Waals surface area contributed by atoms with Gasteiger partial charge >= 0.3 is 0 Å². The molecule has 0 bridgehead atoms. The number of aryl methyl sites for hydroxylation is 2. The highest BCUT2D eigenvalue weighted by Gasteiger charge is 2.30. The van der Waals surface area contributed by atoms with Gasteiger partial charge in [-0.25, -0.2) is 0 Å². The predicted octanol–water partition coefficient (Wildman–Crippen LogP) is 2.46. The maximum Gasteiger partial charge on any atom is 0.145 e. The van der Waals surface area contributed by atoms with E-state index in [-0.39, 0.29) is 5.78 Å². The van der Waals surface area contributed by atoms with Gasteiger partial charge in [-0.3, -0.25) is 9.48 Å². The smallest absolute Gasteiger partial charge is 0.145 e. The summed E-state index contributed by atoms with van der Waals surface area (Å²) in [6, 6.07) is 0. The van der Waals surface area contributed by atoms with Crippen LogP contribution in [-0.4, -0.2) is 22.1 Å². The number of halogens is 1. The van der Waals surface area contributed by atoms with Gasteiger partial charge in [-0.1, -0.05) is 13.8 Å². The molecule has 5 heteroatoms. The molecule has 0 aromatic carbocycles. The highest BCUT2D eigenvalue weighted by atomic mass is 79.9. The summed E-state index contributed by atoms with van der Waals surface area (Å²) in [4.78, 5) is 12.4. The fourth-order valence-electron chi connectivity index (χ4n) is 1.86. The van der Waals surface area contributed by atoms with Gasteiger partial charge in [0.1, 0.15) is 5.78 Å². The minimum absolute atomic E-state index is 0.183. The van der Waals surface area contributed by atoms with Gasteiger partial charge < -0.3 is 5.73 Å². The summed E-state index contributed by atoms with van der Waals surface area (Å²) in [7, 11) is 0. The van der Waals surface area contributed by atoms with Gasteiger partial charge in [0.2, 0.25) is 0 Å². The second-order valence-electron chi connectivity index (χ2n) is 4.88. The van der Waals surface area contributed by atoms with Crippen molar-refractivity contribution in [1.82, 2.24) is 9.78 Å². The molecule has 0 aliphatic rings. The van der Waals surface area contributed by atoms with Crippen molar-refractivity contribution in [3.63, 3.8) is 0 Å². The van der Waals surface area contributed by atoms with Gasteiger partial charge in [0.05, 0.1) is 22.3 Å². The number of carbonyl (C=O) groups is 1. The Labute approximate surface area is 117 Å². The van der Waals surface area contributed by atoms with E-state index in [9.17, 15) is 4.79 Å². The van der Waals surface area contributed by atoms with Crippen molar-refractivity contribution in [2.45, 2.75) is 47.1 Å². The topological polar surface area (TPSA) is 60.9 Å². The Bertz CT molecular complexity index is 436. The summed E-state index contributed by atoms with van der Waals surface area (Å²) < 4.78 is 2.82. The Morgan fingerprint density at radius 1 is 1.50 bits per heavy atom. The molecule has 102 valence electrons. The molecular formula is C13H22BrN3O. The lowest BCUT2D eigenvalue weighted by Gasteiger charge is -2.24. The van der Waals surface area contributed by atoms with E-state index in [1.165, 1.54) is 0 Å². The number of rotatable bonds is 6. The molecule has 0 saturated heterocycles. The minimum Gasteiger partial charge on any atom is -0.329 e. The van der Waals surface area contributed by atoms with E-state index in [1.807, 2.05) is 32.4 Å². The molecule has 0 amide bonds. The number of nitrogens with two attached hydrogens (primary N) is 1. The van der Waals surface area contributed by atoms with Gasteiger partial charge in [-0.05, 0) is 36.2 Å². The van der Waals surface area contributed by atoms with Crippen LogP contribution in [0.15, 0.2) is 4.47 Å². The molecule has 1 heterocycles. The molecule has 1 aromatic rings. The second kappa shape index (κ2) is 5.97. The fraction of sp³-hybridized carbons (Fsp3) is 0.692. The number of hydrogen-bond donors (Lipinski definition) is 1. The lowest BCUT2D eigenvalue weighted by Crippen LogP contribution is -2.36. The van der Waals surface area contributed by atoms with E-state index in [0.29, 0.717) is 13.0 Å². The van der Waals surface area contributed by atoms with E-state index in [2.05, 4.69) is 21.0 Å². The van der Waals surface area contributed by atoms with Gasteiger partial charge in [-0.15, -0.1) is 0 Å². The van der Waals surface area contributed by atoms with Crippen LogP contribution < -0.4 is 5.73 Å². The monoisotopic (exact) mass is 315 g/mol. The highest BCUT2D eigenvalue weighted by molar-refractivity contribution is 9.10. The number of nitrogens with zero attached hydrogens (tertiary/aromatic N) is 2. The van der Waals surface area contributed by atoms with Crippen LogP contribution in [0, 0.1) is 12.3 Å². The van der Waals surface area contributed by atoms with Crippen LogP contribution in [0.1, 0.15) is 38.6 Å². The molecule has 0 radical (unpaired) electrons. The van der Waals surface area contributed by atoms with Gasteiger partial charge in [-0.2, -0.15) is 5.10 Å². The van der Waals surface area contributed by atoms with Crippen molar-refractivity contribution in [2.75, 3.05) is 6.54 Å². The summed E-state index contributed by atoms with van der Waals surface area (Å²) in [5.41, 5.74) is 7.17. The Balaban J connectivity index is 3.01. The maximum atomic E-state index is 12.4. The lowest BCUT2D eigenvalue weighted by molar-refractivity contribution is -0.127. The Morgan fingerprint density at radius 2 is 2.11 bits per heavy atom. The van der Waals surface area contributed by atoms with E-state index in [4.69, 9.17) is 5.73 Å². The molecule has 1 atom stereocenters. The fourth-order valence-corrected chi connectivity index (χ4v) is 2.28. The molecule has 0 aliphatic carbocycles. The SMILES string of the molecule is CCn1nc(C)c(Br)c1CC(=O)C(C)(CC)CN. The van der Waals surface area contributed by atoms with Crippen molar-refractivity contribution in [3.05, 3.63) is 15.9 Å². The van der Waals surface area contributed by atoms with Gasteiger partial charge in [0.15, 0.2) is 0 Å². The molecular weight excluding hydrogens is 294 g/mol. The average molecular weight is 316 g/mol. The normalized spacial score (nSPS) is 14.6. The van der Waals surface area contributed by atoms with Gasteiger partial charge in [0, 0.05) is 18.5 Å². The molecule has 1 unspecified atom stereocenters.